The molecule has 2 heterocycles. The number of aromatic nitrogens is 1. The molecule has 1 aliphatic rings. The molecule has 0 spiro atoms. The number of hydrogen-bond donors (Lipinski definition) is 2. The van der Waals surface area contributed by atoms with Crippen molar-refractivity contribution < 1.29 is 19.1 Å². The molecule has 2 aromatic rings. The Morgan fingerprint density at radius 1 is 1.13 bits per heavy atom. The number of fused-ring (bicyclic) bond motifs is 1. The van der Waals surface area contributed by atoms with Crippen molar-refractivity contribution in [1.82, 2.24) is 10.3 Å². The van der Waals surface area contributed by atoms with E-state index in [9.17, 15) is 9.59 Å². The quantitative estimate of drug-likeness (QED) is 0.824. The summed E-state index contributed by atoms with van der Waals surface area (Å²) in [5.41, 5.74) is 0.457. The topological polar surface area (TPSA) is 89.5 Å². The molecule has 2 N–H and O–H groups in total. The van der Waals surface area contributed by atoms with Gasteiger partial charge in [0.1, 0.15) is 12.7 Å². The predicted octanol–water partition coefficient (Wildman–Crippen LogP) is 0.976. The van der Waals surface area contributed by atoms with Gasteiger partial charge in [0.25, 0.3) is 0 Å². The zero-order valence-electron chi connectivity index (χ0n) is 12.2. The summed E-state index contributed by atoms with van der Waals surface area (Å²) in [6.45, 7) is 0.481. The summed E-state index contributed by atoms with van der Waals surface area (Å²) in [6.07, 6.45) is 2.69. The number of benzene rings is 1. The summed E-state index contributed by atoms with van der Waals surface area (Å²) in [6, 6.07) is 10.6. The molecule has 1 aliphatic heterocycles. The molecular formula is C16H15N3O4. The van der Waals surface area contributed by atoms with Gasteiger partial charge in [-0.1, -0.05) is 12.1 Å². The lowest BCUT2D eigenvalue weighted by atomic mass is 10.2. The Balaban J connectivity index is 1.49. The lowest BCUT2D eigenvalue weighted by Crippen LogP contribution is -2.44. The molecule has 7 nitrogen and oxygen atoms in total. The molecule has 1 atom stereocenters. The average molecular weight is 313 g/mol. The molecule has 0 fully saturated rings. The van der Waals surface area contributed by atoms with E-state index < -0.39 is 11.8 Å². The molecule has 7 heteroatoms. The Morgan fingerprint density at radius 2 is 1.96 bits per heavy atom. The van der Waals surface area contributed by atoms with E-state index >= 15 is 0 Å². The van der Waals surface area contributed by atoms with Crippen LogP contribution in [0, 0.1) is 0 Å². The Kier molecular flexibility index (Phi) is 4.37. The summed E-state index contributed by atoms with van der Waals surface area (Å²) in [4.78, 5) is 27.4. The second-order valence-electron chi connectivity index (χ2n) is 4.90. The minimum absolute atomic E-state index is 0.174. The average Bonchev–Trinajstić information content (AvgIpc) is 2.60. The van der Waals surface area contributed by atoms with Crippen molar-refractivity contribution >= 4 is 17.5 Å². The molecule has 1 aromatic heterocycles. The maximum atomic E-state index is 11.8. The lowest BCUT2D eigenvalue weighted by Gasteiger charge is -2.26. The molecule has 3 rings (SSSR count). The number of pyridine rings is 1. The van der Waals surface area contributed by atoms with Gasteiger partial charge in [0.2, 0.25) is 0 Å². The first kappa shape index (κ1) is 14.8. The largest absolute Gasteiger partial charge is 0.486 e. The van der Waals surface area contributed by atoms with Gasteiger partial charge in [-0.3, -0.25) is 14.6 Å². The highest BCUT2D eigenvalue weighted by molar-refractivity contribution is 6.39. The number of amides is 2. The second-order valence-corrected chi connectivity index (χ2v) is 4.90. The minimum atomic E-state index is -0.755. The van der Waals surface area contributed by atoms with Crippen molar-refractivity contribution in [3.8, 4) is 11.5 Å². The van der Waals surface area contributed by atoms with E-state index in [2.05, 4.69) is 15.6 Å². The third kappa shape index (κ3) is 3.76. The molecule has 118 valence electrons. The number of nitrogens with one attached hydrogen (secondary N) is 2. The Morgan fingerprint density at radius 3 is 2.74 bits per heavy atom. The van der Waals surface area contributed by atoms with E-state index in [0.29, 0.717) is 23.8 Å². The number of anilines is 1. The van der Waals surface area contributed by atoms with Crippen molar-refractivity contribution in [2.45, 2.75) is 6.10 Å². The summed E-state index contributed by atoms with van der Waals surface area (Å²) in [5, 5.41) is 4.99. The predicted molar refractivity (Wildman–Crippen MR) is 82.2 cm³/mol. The maximum absolute atomic E-state index is 11.8. The molecule has 0 bridgehead atoms. The van der Waals surface area contributed by atoms with E-state index in [1.165, 1.54) is 6.20 Å². The standard InChI is InChI=1S/C16H15N3O4/c20-15(16(21)19-11-4-3-7-17-8-11)18-9-12-10-22-13-5-1-2-6-14(13)23-12/h1-8,12H,9-10H2,(H,18,20)(H,19,21). The lowest BCUT2D eigenvalue weighted by molar-refractivity contribution is -0.136. The molecule has 0 saturated carbocycles. The minimum Gasteiger partial charge on any atom is -0.486 e. The number of hydrogen-bond acceptors (Lipinski definition) is 5. The molecular weight excluding hydrogens is 298 g/mol. The van der Waals surface area contributed by atoms with Gasteiger partial charge in [0.05, 0.1) is 18.4 Å². The fourth-order valence-corrected chi connectivity index (χ4v) is 2.08. The number of carbonyl (C=O) groups excluding carboxylic acids is 2. The van der Waals surface area contributed by atoms with E-state index in [0.717, 1.165) is 0 Å². The van der Waals surface area contributed by atoms with E-state index in [4.69, 9.17) is 9.47 Å². The first-order valence-corrected chi connectivity index (χ1v) is 7.10. The van der Waals surface area contributed by atoms with E-state index in [1.807, 2.05) is 18.2 Å². The van der Waals surface area contributed by atoms with Crippen molar-refractivity contribution in [1.29, 1.82) is 0 Å². The summed E-state index contributed by atoms with van der Waals surface area (Å²) in [7, 11) is 0. The van der Waals surface area contributed by atoms with Crippen LogP contribution in [0.2, 0.25) is 0 Å². The van der Waals surface area contributed by atoms with Crippen LogP contribution < -0.4 is 20.1 Å². The van der Waals surface area contributed by atoms with Crippen molar-refractivity contribution in [2.75, 3.05) is 18.5 Å². The molecule has 2 amide bonds. The van der Waals surface area contributed by atoms with Gasteiger partial charge in [0, 0.05) is 6.20 Å². The SMILES string of the molecule is O=C(NCC1COc2ccccc2O1)C(=O)Nc1cccnc1. The van der Waals surface area contributed by atoms with Crippen LogP contribution in [0.15, 0.2) is 48.8 Å². The summed E-state index contributed by atoms with van der Waals surface area (Å²) in [5.74, 6) is -0.200. The fraction of sp³-hybridized carbons (Fsp3) is 0.188. The number of rotatable bonds is 3. The first-order chi connectivity index (χ1) is 11.2. The maximum Gasteiger partial charge on any atom is 0.313 e. The Labute approximate surface area is 132 Å². The van der Waals surface area contributed by atoms with E-state index in [1.54, 1.807) is 24.4 Å². The highest BCUT2D eigenvalue weighted by atomic mass is 16.6. The number of ether oxygens (including phenoxy) is 2. The Hall–Kier alpha value is -3.09. The van der Waals surface area contributed by atoms with Gasteiger partial charge in [-0.2, -0.15) is 0 Å². The van der Waals surface area contributed by atoms with Gasteiger partial charge >= 0.3 is 11.8 Å². The van der Waals surface area contributed by atoms with Crippen LogP contribution >= 0.6 is 0 Å². The molecule has 23 heavy (non-hydrogen) atoms. The van der Waals surface area contributed by atoms with Crippen molar-refractivity contribution in [3.05, 3.63) is 48.8 Å². The van der Waals surface area contributed by atoms with Gasteiger partial charge < -0.3 is 20.1 Å². The monoisotopic (exact) mass is 313 g/mol. The van der Waals surface area contributed by atoms with Gasteiger partial charge in [-0.15, -0.1) is 0 Å². The summed E-state index contributed by atoms with van der Waals surface area (Å²) >= 11 is 0. The second kappa shape index (κ2) is 6.78. The Bertz CT molecular complexity index is 705. The summed E-state index contributed by atoms with van der Waals surface area (Å²) < 4.78 is 11.2. The smallest absolute Gasteiger partial charge is 0.313 e. The van der Waals surface area contributed by atoms with Crippen LogP contribution in [0.3, 0.4) is 0 Å². The van der Waals surface area contributed by atoms with Crippen LogP contribution in [0.25, 0.3) is 0 Å². The number of nitrogens with zero attached hydrogens (tertiary/aromatic N) is 1. The van der Waals surface area contributed by atoms with Crippen molar-refractivity contribution in [3.63, 3.8) is 0 Å². The zero-order chi connectivity index (χ0) is 16.1. The van der Waals surface area contributed by atoms with Crippen LogP contribution in [0.4, 0.5) is 5.69 Å². The van der Waals surface area contributed by atoms with Gasteiger partial charge in [0.15, 0.2) is 11.5 Å². The fourth-order valence-electron chi connectivity index (χ4n) is 2.08. The number of para-hydroxylation sites is 2. The van der Waals surface area contributed by atoms with Crippen LogP contribution in [-0.4, -0.2) is 36.1 Å². The van der Waals surface area contributed by atoms with Gasteiger partial charge in [-0.05, 0) is 24.3 Å². The molecule has 1 aromatic carbocycles. The molecule has 0 radical (unpaired) electrons. The number of carbonyl (C=O) groups is 2. The third-order valence-corrected chi connectivity index (χ3v) is 3.18. The molecule has 1 unspecified atom stereocenters. The van der Waals surface area contributed by atoms with Gasteiger partial charge in [-0.25, -0.2) is 0 Å². The van der Waals surface area contributed by atoms with Crippen molar-refractivity contribution in [2.24, 2.45) is 0 Å². The molecule has 0 aliphatic carbocycles. The zero-order valence-corrected chi connectivity index (χ0v) is 12.2. The third-order valence-electron chi connectivity index (χ3n) is 3.18. The highest BCUT2D eigenvalue weighted by Gasteiger charge is 2.22. The molecule has 0 saturated heterocycles. The highest BCUT2D eigenvalue weighted by Crippen LogP contribution is 2.30. The van der Waals surface area contributed by atoms with Crippen LogP contribution in [0.5, 0.6) is 11.5 Å². The van der Waals surface area contributed by atoms with Crippen LogP contribution in [-0.2, 0) is 9.59 Å². The normalized spacial score (nSPS) is 15.6. The van der Waals surface area contributed by atoms with E-state index in [-0.39, 0.29) is 12.6 Å². The first-order valence-electron chi connectivity index (χ1n) is 7.10. The van der Waals surface area contributed by atoms with Crippen LogP contribution in [0.1, 0.15) is 0 Å².